The summed E-state index contributed by atoms with van der Waals surface area (Å²) < 4.78 is 11.5. The molecule has 0 saturated heterocycles. The molecule has 0 aliphatic heterocycles. The molecule has 228 valence electrons. The van der Waals surface area contributed by atoms with E-state index in [2.05, 4.69) is 150 Å². The van der Waals surface area contributed by atoms with Crippen molar-refractivity contribution in [3.63, 3.8) is 0 Å². The number of nitrogens with zero attached hydrogens (tertiary/aromatic N) is 3. The van der Waals surface area contributed by atoms with Gasteiger partial charge < -0.3 is 8.98 Å². The first-order valence-corrected chi connectivity index (χ1v) is 17.2. The monoisotopic (exact) mass is 643 g/mol. The molecule has 0 amide bonds. The van der Waals surface area contributed by atoms with Gasteiger partial charge in [-0.25, -0.2) is 9.97 Å². The summed E-state index contributed by atoms with van der Waals surface area (Å²) in [6.45, 7) is 0. The van der Waals surface area contributed by atoms with Gasteiger partial charge in [-0.3, -0.25) is 0 Å². The Hall–Kier alpha value is -6.30. The molecule has 49 heavy (non-hydrogen) atoms. The topological polar surface area (TPSA) is 43.9 Å². The Labute approximate surface area is 284 Å². The van der Waals surface area contributed by atoms with Crippen molar-refractivity contribution in [1.82, 2.24) is 14.5 Å². The Kier molecular flexibility index (Phi) is 5.51. The van der Waals surface area contributed by atoms with Crippen LogP contribution in [0.1, 0.15) is 0 Å². The fourth-order valence-electron chi connectivity index (χ4n) is 7.68. The molecular weight excluding hydrogens is 619 g/mol. The van der Waals surface area contributed by atoms with E-state index in [1.807, 2.05) is 6.07 Å². The Bertz CT molecular complexity index is 3110. The van der Waals surface area contributed by atoms with Crippen molar-refractivity contribution in [2.45, 2.75) is 0 Å². The van der Waals surface area contributed by atoms with Crippen molar-refractivity contribution in [3.8, 4) is 28.3 Å². The summed E-state index contributed by atoms with van der Waals surface area (Å²) in [6, 6.07) is 53.4. The van der Waals surface area contributed by atoms with Gasteiger partial charge in [-0.05, 0) is 29.7 Å². The standard InChI is InChI=1S/C44H25N3OS/c1-2-13-27(14-3-1)39-43-40(31-17-7-9-23-37(31)49-43)46-44(45-39)33-19-11-22-36-38(33)32-18-10-21-35(42(32)48-36)47-34-20-8-6-16-29(34)30-25-24-26-12-4-5-15-28(26)41(30)47/h1-25H. The molecule has 0 fully saturated rings. The van der Waals surface area contributed by atoms with E-state index in [-0.39, 0.29) is 0 Å². The molecule has 0 saturated carbocycles. The maximum absolute atomic E-state index is 6.86. The van der Waals surface area contributed by atoms with Gasteiger partial charge in [-0.15, -0.1) is 11.3 Å². The lowest BCUT2D eigenvalue weighted by atomic mass is 10.0. The van der Waals surface area contributed by atoms with E-state index < -0.39 is 0 Å². The summed E-state index contributed by atoms with van der Waals surface area (Å²) in [5.41, 5.74) is 8.94. The predicted octanol–water partition coefficient (Wildman–Crippen LogP) is 12.3. The van der Waals surface area contributed by atoms with Crippen LogP contribution in [0, 0.1) is 0 Å². The molecule has 4 heterocycles. The average Bonchev–Trinajstić information content (AvgIpc) is 3.85. The van der Waals surface area contributed by atoms with Crippen LogP contribution in [0.2, 0.25) is 0 Å². The lowest BCUT2D eigenvalue weighted by Crippen LogP contribution is -1.95. The van der Waals surface area contributed by atoms with Crippen molar-refractivity contribution < 1.29 is 4.42 Å². The van der Waals surface area contributed by atoms with Crippen LogP contribution in [-0.4, -0.2) is 14.5 Å². The molecule has 0 atom stereocenters. The lowest BCUT2D eigenvalue weighted by Gasteiger charge is -2.10. The fraction of sp³-hybridized carbons (Fsp3) is 0. The quantitative estimate of drug-likeness (QED) is 0.192. The zero-order chi connectivity index (χ0) is 32.1. The molecule has 0 spiro atoms. The van der Waals surface area contributed by atoms with Gasteiger partial charge in [0, 0.05) is 48.1 Å². The van der Waals surface area contributed by atoms with Crippen LogP contribution in [0.15, 0.2) is 156 Å². The molecule has 0 aliphatic carbocycles. The number of thiophene rings is 1. The van der Waals surface area contributed by atoms with Crippen LogP contribution in [0.25, 0.3) is 103 Å². The molecule has 7 aromatic carbocycles. The number of benzene rings is 7. The van der Waals surface area contributed by atoms with Gasteiger partial charge in [0.05, 0.1) is 32.6 Å². The van der Waals surface area contributed by atoms with Crippen molar-refractivity contribution in [2.75, 3.05) is 0 Å². The van der Waals surface area contributed by atoms with Gasteiger partial charge in [0.1, 0.15) is 5.58 Å². The number of rotatable bonds is 3. The largest absolute Gasteiger partial charge is 0.454 e. The van der Waals surface area contributed by atoms with E-state index in [0.717, 1.165) is 65.6 Å². The molecule has 0 radical (unpaired) electrons. The van der Waals surface area contributed by atoms with Gasteiger partial charge in [-0.1, -0.05) is 127 Å². The zero-order valence-electron chi connectivity index (χ0n) is 26.1. The molecule has 11 aromatic rings. The minimum absolute atomic E-state index is 0.691. The minimum Gasteiger partial charge on any atom is -0.454 e. The molecule has 4 nitrogen and oxygen atoms in total. The maximum Gasteiger partial charge on any atom is 0.161 e. The van der Waals surface area contributed by atoms with Gasteiger partial charge >= 0.3 is 0 Å². The second-order valence-corrected chi connectivity index (χ2v) is 13.6. The second kappa shape index (κ2) is 10.1. The van der Waals surface area contributed by atoms with Crippen LogP contribution in [-0.2, 0) is 0 Å². The van der Waals surface area contributed by atoms with Crippen molar-refractivity contribution in [2.24, 2.45) is 0 Å². The van der Waals surface area contributed by atoms with Gasteiger partial charge in [0.15, 0.2) is 11.4 Å². The van der Waals surface area contributed by atoms with Gasteiger partial charge in [0.25, 0.3) is 0 Å². The normalized spacial score (nSPS) is 12.1. The highest BCUT2D eigenvalue weighted by atomic mass is 32.1. The number of hydrogen-bond acceptors (Lipinski definition) is 4. The summed E-state index contributed by atoms with van der Waals surface area (Å²) in [5, 5.41) is 8.06. The van der Waals surface area contributed by atoms with Crippen molar-refractivity contribution in [3.05, 3.63) is 152 Å². The van der Waals surface area contributed by atoms with Crippen LogP contribution in [0.3, 0.4) is 0 Å². The Balaban J connectivity index is 1.23. The molecule has 5 heteroatoms. The maximum atomic E-state index is 6.86. The van der Waals surface area contributed by atoms with Crippen LogP contribution < -0.4 is 0 Å². The number of para-hydroxylation sites is 2. The third-order valence-electron chi connectivity index (χ3n) is 9.81. The molecule has 0 aliphatic rings. The van der Waals surface area contributed by atoms with Gasteiger partial charge in [0.2, 0.25) is 0 Å². The molecule has 0 unspecified atom stereocenters. The third-order valence-corrected chi connectivity index (χ3v) is 11.0. The third kappa shape index (κ3) is 3.79. The van der Waals surface area contributed by atoms with E-state index in [0.29, 0.717) is 5.82 Å². The average molecular weight is 644 g/mol. The molecule has 0 bridgehead atoms. The predicted molar refractivity (Wildman–Crippen MR) is 205 cm³/mol. The van der Waals surface area contributed by atoms with Gasteiger partial charge in [-0.2, -0.15) is 0 Å². The Morgan fingerprint density at radius 1 is 0.551 bits per heavy atom. The Morgan fingerprint density at radius 2 is 1.31 bits per heavy atom. The number of furan rings is 1. The number of fused-ring (bicyclic) bond motifs is 11. The van der Waals surface area contributed by atoms with Crippen molar-refractivity contribution >= 4 is 86.2 Å². The van der Waals surface area contributed by atoms with E-state index >= 15 is 0 Å². The summed E-state index contributed by atoms with van der Waals surface area (Å²) in [6.07, 6.45) is 0. The number of aromatic nitrogens is 3. The molecule has 11 rings (SSSR count). The fourth-order valence-corrected chi connectivity index (χ4v) is 8.83. The van der Waals surface area contributed by atoms with E-state index in [1.165, 1.54) is 31.8 Å². The highest BCUT2D eigenvalue weighted by molar-refractivity contribution is 7.26. The van der Waals surface area contributed by atoms with E-state index in [4.69, 9.17) is 14.4 Å². The summed E-state index contributed by atoms with van der Waals surface area (Å²) in [5.74, 6) is 0.691. The minimum atomic E-state index is 0.691. The van der Waals surface area contributed by atoms with Crippen molar-refractivity contribution in [1.29, 1.82) is 0 Å². The molecular formula is C44H25N3OS. The highest BCUT2D eigenvalue weighted by Crippen LogP contribution is 2.44. The number of hydrogen-bond donors (Lipinski definition) is 0. The van der Waals surface area contributed by atoms with Crippen LogP contribution in [0.5, 0.6) is 0 Å². The first-order chi connectivity index (χ1) is 24.3. The molecule has 4 aromatic heterocycles. The summed E-state index contributed by atoms with van der Waals surface area (Å²) in [4.78, 5) is 10.6. The SMILES string of the molecule is c1ccc(-c2nc(-c3cccc4oc5c(-n6c7ccccc7c7ccc8ccccc8c76)cccc5c34)nc3c2sc2ccccc23)cc1. The van der Waals surface area contributed by atoms with E-state index in [9.17, 15) is 0 Å². The first kappa shape index (κ1) is 26.7. The Morgan fingerprint density at radius 3 is 2.22 bits per heavy atom. The zero-order valence-corrected chi connectivity index (χ0v) is 26.9. The highest BCUT2D eigenvalue weighted by Gasteiger charge is 2.22. The molecule has 0 N–H and O–H groups in total. The lowest BCUT2D eigenvalue weighted by molar-refractivity contribution is 0.666. The summed E-state index contributed by atoms with van der Waals surface area (Å²) >= 11 is 1.75. The first-order valence-electron chi connectivity index (χ1n) is 16.4. The van der Waals surface area contributed by atoms with Crippen LogP contribution in [0.4, 0.5) is 0 Å². The second-order valence-electron chi connectivity index (χ2n) is 12.5. The van der Waals surface area contributed by atoms with Crippen LogP contribution >= 0.6 is 11.3 Å². The smallest absolute Gasteiger partial charge is 0.161 e. The van der Waals surface area contributed by atoms with E-state index in [1.54, 1.807) is 11.3 Å². The summed E-state index contributed by atoms with van der Waals surface area (Å²) in [7, 11) is 0.